The van der Waals surface area contributed by atoms with E-state index in [1.54, 1.807) is 12.0 Å². The molecule has 2 aliphatic rings. The minimum Gasteiger partial charge on any atom is -0.497 e. The van der Waals surface area contributed by atoms with Crippen LogP contribution in [0.3, 0.4) is 0 Å². The summed E-state index contributed by atoms with van der Waals surface area (Å²) in [4.78, 5) is 26.7. The molecule has 0 aromatic heterocycles. The topological polar surface area (TPSA) is 67.9 Å². The standard InChI is InChI=1S/C22H24N2O4/c1-27-19-8-4-7-18(11-19)24-13-17(10-21(24)25)22(26)23-12-20-9-15-5-2-3-6-16(15)14-28-20/h2-8,11,17,20H,9-10,12-14H2,1H3,(H,23,26). The number of amides is 2. The monoisotopic (exact) mass is 380 g/mol. The summed E-state index contributed by atoms with van der Waals surface area (Å²) in [7, 11) is 1.59. The first kappa shape index (κ1) is 18.5. The highest BCUT2D eigenvalue weighted by molar-refractivity contribution is 6.00. The molecule has 2 aliphatic heterocycles. The number of methoxy groups -OCH3 is 1. The first-order chi connectivity index (χ1) is 13.6. The number of carbonyl (C=O) groups is 2. The Morgan fingerprint density at radius 1 is 1.18 bits per heavy atom. The van der Waals surface area contributed by atoms with Crippen molar-refractivity contribution in [1.82, 2.24) is 5.32 Å². The van der Waals surface area contributed by atoms with E-state index < -0.39 is 0 Å². The smallest absolute Gasteiger partial charge is 0.227 e. The van der Waals surface area contributed by atoms with Crippen LogP contribution in [0, 0.1) is 5.92 Å². The summed E-state index contributed by atoms with van der Waals surface area (Å²) in [6, 6.07) is 15.5. The highest BCUT2D eigenvalue weighted by Gasteiger charge is 2.35. The highest BCUT2D eigenvalue weighted by Crippen LogP contribution is 2.28. The number of fused-ring (bicyclic) bond motifs is 1. The van der Waals surface area contributed by atoms with Gasteiger partial charge >= 0.3 is 0 Å². The molecule has 1 saturated heterocycles. The van der Waals surface area contributed by atoms with E-state index in [-0.39, 0.29) is 30.3 Å². The molecule has 1 N–H and O–H groups in total. The molecule has 146 valence electrons. The number of hydrogen-bond acceptors (Lipinski definition) is 4. The third kappa shape index (κ3) is 3.87. The number of anilines is 1. The molecule has 2 aromatic carbocycles. The summed E-state index contributed by atoms with van der Waals surface area (Å²) in [5.74, 6) is 0.194. The maximum atomic E-state index is 12.6. The Morgan fingerprint density at radius 3 is 2.82 bits per heavy atom. The van der Waals surface area contributed by atoms with Crippen LogP contribution in [-0.4, -0.2) is 38.1 Å². The number of carbonyl (C=O) groups excluding carboxylic acids is 2. The van der Waals surface area contributed by atoms with Gasteiger partial charge < -0.3 is 19.7 Å². The number of benzene rings is 2. The van der Waals surface area contributed by atoms with Gasteiger partial charge in [0.1, 0.15) is 5.75 Å². The van der Waals surface area contributed by atoms with Crippen LogP contribution in [0.5, 0.6) is 5.75 Å². The molecule has 2 heterocycles. The second-order valence-electron chi connectivity index (χ2n) is 7.26. The van der Waals surface area contributed by atoms with Gasteiger partial charge in [-0.2, -0.15) is 0 Å². The summed E-state index contributed by atoms with van der Waals surface area (Å²) < 4.78 is 11.1. The second kappa shape index (κ2) is 8.02. The van der Waals surface area contributed by atoms with Gasteiger partial charge in [-0.1, -0.05) is 30.3 Å². The molecule has 0 bridgehead atoms. The quantitative estimate of drug-likeness (QED) is 0.864. The third-order valence-corrected chi connectivity index (χ3v) is 5.41. The van der Waals surface area contributed by atoms with Crippen molar-refractivity contribution in [3.8, 4) is 5.75 Å². The summed E-state index contributed by atoms with van der Waals surface area (Å²) in [6.45, 7) is 1.41. The SMILES string of the molecule is COc1cccc(N2CC(C(=O)NCC3Cc4ccccc4CO3)CC2=O)c1. The average molecular weight is 380 g/mol. The maximum Gasteiger partial charge on any atom is 0.227 e. The predicted molar refractivity (Wildman–Crippen MR) is 105 cm³/mol. The normalized spacial score (nSPS) is 21.3. The Hall–Kier alpha value is -2.86. The molecule has 1 fully saturated rings. The first-order valence-electron chi connectivity index (χ1n) is 9.54. The zero-order valence-corrected chi connectivity index (χ0v) is 15.9. The fourth-order valence-corrected chi connectivity index (χ4v) is 3.81. The summed E-state index contributed by atoms with van der Waals surface area (Å²) in [5, 5.41) is 2.97. The van der Waals surface area contributed by atoms with E-state index in [1.165, 1.54) is 11.1 Å². The molecule has 6 heteroatoms. The van der Waals surface area contributed by atoms with Gasteiger partial charge in [0.15, 0.2) is 0 Å². The van der Waals surface area contributed by atoms with Crippen molar-refractivity contribution in [3.63, 3.8) is 0 Å². The van der Waals surface area contributed by atoms with Crippen LogP contribution in [0.2, 0.25) is 0 Å². The lowest BCUT2D eigenvalue weighted by Gasteiger charge is -2.26. The number of rotatable bonds is 5. The van der Waals surface area contributed by atoms with E-state index in [4.69, 9.17) is 9.47 Å². The Morgan fingerprint density at radius 2 is 2.00 bits per heavy atom. The van der Waals surface area contributed by atoms with Gasteiger partial charge in [0.05, 0.1) is 25.7 Å². The molecule has 0 spiro atoms. The summed E-state index contributed by atoms with van der Waals surface area (Å²) >= 11 is 0. The predicted octanol–water partition coefficient (Wildman–Crippen LogP) is 2.31. The molecule has 2 unspecified atom stereocenters. The molecular formula is C22H24N2O4. The zero-order valence-electron chi connectivity index (χ0n) is 15.9. The van der Waals surface area contributed by atoms with Gasteiger partial charge in [-0.3, -0.25) is 9.59 Å². The van der Waals surface area contributed by atoms with Gasteiger partial charge in [0.25, 0.3) is 0 Å². The summed E-state index contributed by atoms with van der Waals surface area (Å²) in [5.41, 5.74) is 3.24. The van der Waals surface area contributed by atoms with E-state index in [0.29, 0.717) is 25.4 Å². The first-order valence-corrected chi connectivity index (χ1v) is 9.54. The van der Waals surface area contributed by atoms with Crippen molar-refractivity contribution < 1.29 is 19.1 Å². The Kier molecular flexibility index (Phi) is 5.30. The molecule has 28 heavy (non-hydrogen) atoms. The molecular weight excluding hydrogens is 356 g/mol. The molecule has 4 rings (SSSR count). The number of nitrogens with zero attached hydrogens (tertiary/aromatic N) is 1. The van der Waals surface area contributed by atoms with Crippen LogP contribution in [-0.2, 0) is 27.4 Å². The number of nitrogens with one attached hydrogen (secondary N) is 1. The second-order valence-corrected chi connectivity index (χ2v) is 7.26. The van der Waals surface area contributed by atoms with Crippen LogP contribution in [0.4, 0.5) is 5.69 Å². The van der Waals surface area contributed by atoms with Gasteiger partial charge in [0, 0.05) is 37.7 Å². The van der Waals surface area contributed by atoms with E-state index >= 15 is 0 Å². The minimum atomic E-state index is -0.352. The van der Waals surface area contributed by atoms with Crippen LogP contribution < -0.4 is 15.0 Å². The van der Waals surface area contributed by atoms with Crippen LogP contribution in [0.25, 0.3) is 0 Å². The van der Waals surface area contributed by atoms with Crippen molar-refractivity contribution in [2.45, 2.75) is 25.6 Å². The van der Waals surface area contributed by atoms with Crippen LogP contribution in [0.1, 0.15) is 17.5 Å². The number of hydrogen-bond donors (Lipinski definition) is 1. The van der Waals surface area contributed by atoms with Crippen molar-refractivity contribution in [2.75, 3.05) is 25.1 Å². The van der Waals surface area contributed by atoms with Crippen molar-refractivity contribution in [1.29, 1.82) is 0 Å². The molecule has 2 aromatic rings. The van der Waals surface area contributed by atoms with Crippen molar-refractivity contribution >= 4 is 17.5 Å². The maximum absolute atomic E-state index is 12.6. The van der Waals surface area contributed by atoms with Crippen LogP contribution in [0.15, 0.2) is 48.5 Å². The van der Waals surface area contributed by atoms with E-state index in [2.05, 4.69) is 17.4 Å². The van der Waals surface area contributed by atoms with Gasteiger partial charge in [0.2, 0.25) is 11.8 Å². The van der Waals surface area contributed by atoms with E-state index in [1.807, 2.05) is 36.4 Å². The van der Waals surface area contributed by atoms with E-state index in [0.717, 1.165) is 12.1 Å². The fourth-order valence-electron chi connectivity index (χ4n) is 3.81. The molecule has 6 nitrogen and oxygen atoms in total. The average Bonchev–Trinajstić information content (AvgIpc) is 3.13. The molecule has 2 atom stereocenters. The lowest BCUT2D eigenvalue weighted by atomic mass is 9.99. The van der Waals surface area contributed by atoms with Gasteiger partial charge in [-0.05, 0) is 23.3 Å². The lowest BCUT2D eigenvalue weighted by Crippen LogP contribution is -2.40. The fraction of sp³-hybridized carbons (Fsp3) is 0.364. The zero-order chi connectivity index (χ0) is 19.5. The Balaban J connectivity index is 1.33. The van der Waals surface area contributed by atoms with Gasteiger partial charge in [-0.15, -0.1) is 0 Å². The molecule has 0 saturated carbocycles. The van der Waals surface area contributed by atoms with Crippen molar-refractivity contribution in [2.24, 2.45) is 5.92 Å². The minimum absolute atomic E-state index is 0.0366. The molecule has 0 radical (unpaired) electrons. The van der Waals surface area contributed by atoms with Crippen molar-refractivity contribution in [3.05, 3.63) is 59.7 Å². The number of ether oxygens (including phenoxy) is 2. The largest absolute Gasteiger partial charge is 0.497 e. The molecule has 0 aliphatic carbocycles. The lowest BCUT2D eigenvalue weighted by molar-refractivity contribution is -0.127. The third-order valence-electron chi connectivity index (χ3n) is 5.41. The Bertz CT molecular complexity index is 882. The van der Waals surface area contributed by atoms with Gasteiger partial charge in [-0.25, -0.2) is 0 Å². The molecule has 2 amide bonds. The van der Waals surface area contributed by atoms with E-state index in [9.17, 15) is 9.59 Å². The highest BCUT2D eigenvalue weighted by atomic mass is 16.5. The summed E-state index contributed by atoms with van der Waals surface area (Å²) in [6.07, 6.45) is 0.971. The Labute approximate surface area is 164 Å². The van der Waals surface area contributed by atoms with Crippen LogP contribution >= 0.6 is 0 Å².